The van der Waals surface area contributed by atoms with Gasteiger partial charge < -0.3 is 10.1 Å². The van der Waals surface area contributed by atoms with E-state index in [9.17, 15) is 4.79 Å². The highest BCUT2D eigenvalue weighted by Crippen LogP contribution is 2.31. The highest BCUT2D eigenvalue weighted by molar-refractivity contribution is 9.10. The molecular formula is C23H16BrNO2S2. The van der Waals surface area contributed by atoms with Crippen molar-refractivity contribution in [1.29, 1.82) is 0 Å². The molecule has 0 atom stereocenters. The Morgan fingerprint density at radius 2 is 1.72 bits per heavy atom. The smallest absolute Gasteiger partial charge is 0.263 e. The molecule has 1 fully saturated rings. The Morgan fingerprint density at radius 1 is 1.00 bits per heavy atom. The standard InChI is InChI=1S/C23H16BrNO2S2/c24-19-10-11-20(18(12-19)13-21-22(26)25-23(28)29-21)27-14-15-6-8-17(9-7-15)16-4-2-1-3-5-16/h1-13H,14H2,(H,25,26,28)/b21-13-. The van der Waals surface area contributed by atoms with Crippen molar-refractivity contribution in [3.05, 3.63) is 93.3 Å². The van der Waals surface area contributed by atoms with Crippen molar-refractivity contribution in [2.45, 2.75) is 6.61 Å². The maximum atomic E-state index is 12.0. The molecule has 0 aromatic heterocycles. The Labute approximate surface area is 187 Å². The van der Waals surface area contributed by atoms with Crippen LogP contribution in [-0.2, 0) is 11.4 Å². The molecule has 1 amide bonds. The number of thioether (sulfide) groups is 1. The molecule has 4 rings (SSSR count). The third kappa shape index (κ3) is 4.96. The zero-order valence-corrected chi connectivity index (χ0v) is 18.4. The molecule has 1 N–H and O–H groups in total. The van der Waals surface area contributed by atoms with Crippen LogP contribution in [0.25, 0.3) is 17.2 Å². The molecule has 0 unspecified atom stereocenters. The molecule has 3 aromatic carbocycles. The van der Waals surface area contributed by atoms with Gasteiger partial charge in [0.15, 0.2) is 0 Å². The molecular weight excluding hydrogens is 466 g/mol. The molecule has 0 saturated carbocycles. The lowest BCUT2D eigenvalue weighted by Crippen LogP contribution is -2.17. The van der Waals surface area contributed by atoms with Crippen LogP contribution >= 0.6 is 39.9 Å². The number of halogens is 1. The second kappa shape index (κ2) is 8.95. The van der Waals surface area contributed by atoms with Crippen LogP contribution in [0.1, 0.15) is 11.1 Å². The monoisotopic (exact) mass is 481 g/mol. The fourth-order valence-corrected chi connectivity index (χ4v) is 4.32. The van der Waals surface area contributed by atoms with E-state index in [2.05, 4.69) is 57.6 Å². The first-order valence-electron chi connectivity index (χ1n) is 8.90. The van der Waals surface area contributed by atoms with Gasteiger partial charge in [0.05, 0.1) is 4.91 Å². The molecule has 0 aliphatic carbocycles. The Morgan fingerprint density at radius 3 is 2.41 bits per heavy atom. The molecule has 3 nitrogen and oxygen atoms in total. The van der Waals surface area contributed by atoms with E-state index in [-0.39, 0.29) is 5.91 Å². The molecule has 0 spiro atoms. The third-order valence-electron chi connectivity index (χ3n) is 4.36. The van der Waals surface area contributed by atoms with Crippen molar-refractivity contribution in [2.24, 2.45) is 0 Å². The van der Waals surface area contributed by atoms with Crippen LogP contribution in [0.4, 0.5) is 0 Å². The van der Waals surface area contributed by atoms with E-state index in [1.54, 1.807) is 6.08 Å². The second-order valence-corrected chi connectivity index (χ2v) is 9.02. The Kier molecular flexibility index (Phi) is 6.13. The van der Waals surface area contributed by atoms with E-state index >= 15 is 0 Å². The number of hydrogen-bond donors (Lipinski definition) is 1. The largest absolute Gasteiger partial charge is 0.488 e. The fraction of sp³-hybridized carbons (Fsp3) is 0.0435. The predicted molar refractivity (Wildman–Crippen MR) is 127 cm³/mol. The Bertz CT molecular complexity index is 1100. The van der Waals surface area contributed by atoms with Gasteiger partial charge >= 0.3 is 0 Å². The second-order valence-electron chi connectivity index (χ2n) is 6.39. The highest BCUT2D eigenvalue weighted by atomic mass is 79.9. The first kappa shape index (κ1) is 19.9. The number of ether oxygens (including phenoxy) is 1. The number of carbonyl (C=O) groups is 1. The van der Waals surface area contributed by atoms with Gasteiger partial charge in [0.1, 0.15) is 16.7 Å². The average molecular weight is 482 g/mol. The van der Waals surface area contributed by atoms with Crippen molar-refractivity contribution in [2.75, 3.05) is 0 Å². The molecule has 0 radical (unpaired) electrons. The number of thiocarbonyl (C=S) groups is 1. The zero-order valence-electron chi connectivity index (χ0n) is 15.2. The molecule has 1 heterocycles. The number of carbonyl (C=O) groups excluding carboxylic acids is 1. The summed E-state index contributed by atoms with van der Waals surface area (Å²) in [6.45, 7) is 0.435. The van der Waals surface area contributed by atoms with Gasteiger partial charge in [-0.2, -0.15) is 0 Å². The molecule has 0 bridgehead atoms. The minimum absolute atomic E-state index is 0.178. The van der Waals surface area contributed by atoms with Crippen molar-refractivity contribution in [3.8, 4) is 16.9 Å². The summed E-state index contributed by atoms with van der Waals surface area (Å²) in [5.41, 5.74) is 4.25. The van der Waals surface area contributed by atoms with Crippen LogP contribution in [0.15, 0.2) is 82.2 Å². The molecule has 144 valence electrons. The third-order valence-corrected chi connectivity index (χ3v) is 6.01. The summed E-state index contributed by atoms with van der Waals surface area (Å²) in [5.74, 6) is 0.529. The van der Waals surface area contributed by atoms with E-state index in [4.69, 9.17) is 17.0 Å². The van der Waals surface area contributed by atoms with Crippen molar-refractivity contribution >= 4 is 56.2 Å². The minimum Gasteiger partial charge on any atom is -0.488 e. The lowest BCUT2D eigenvalue weighted by molar-refractivity contribution is -0.115. The maximum absolute atomic E-state index is 12.0. The van der Waals surface area contributed by atoms with Crippen LogP contribution in [0.2, 0.25) is 0 Å². The topological polar surface area (TPSA) is 38.3 Å². The molecule has 3 aromatic rings. The predicted octanol–water partition coefficient (Wildman–Crippen LogP) is 6.18. The first-order chi connectivity index (χ1) is 14.1. The molecule has 6 heteroatoms. The van der Waals surface area contributed by atoms with Gasteiger partial charge in [-0.05, 0) is 41.0 Å². The molecule has 29 heavy (non-hydrogen) atoms. The summed E-state index contributed by atoms with van der Waals surface area (Å²) < 4.78 is 7.44. The number of hydrogen-bond acceptors (Lipinski definition) is 4. The van der Waals surface area contributed by atoms with Gasteiger partial charge in [-0.25, -0.2) is 0 Å². The van der Waals surface area contributed by atoms with Crippen molar-refractivity contribution in [1.82, 2.24) is 5.32 Å². The van der Waals surface area contributed by atoms with Gasteiger partial charge in [-0.1, -0.05) is 94.5 Å². The summed E-state index contributed by atoms with van der Waals surface area (Å²) in [5, 5.41) is 2.63. The van der Waals surface area contributed by atoms with Crippen molar-refractivity contribution < 1.29 is 9.53 Å². The van der Waals surface area contributed by atoms with E-state index in [1.807, 2.05) is 36.4 Å². The summed E-state index contributed by atoms with van der Waals surface area (Å²) in [6, 6.07) is 24.3. The number of nitrogens with one attached hydrogen (secondary N) is 1. The van der Waals surface area contributed by atoms with Gasteiger partial charge in [-0.3, -0.25) is 4.79 Å². The highest BCUT2D eigenvalue weighted by Gasteiger charge is 2.22. The normalized spacial score (nSPS) is 14.9. The van der Waals surface area contributed by atoms with Crippen LogP contribution in [0.3, 0.4) is 0 Å². The zero-order chi connectivity index (χ0) is 20.2. The van der Waals surface area contributed by atoms with Gasteiger partial charge in [-0.15, -0.1) is 0 Å². The lowest BCUT2D eigenvalue weighted by atomic mass is 10.0. The molecule has 1 aliphatic rings. The molecule has 1 aliphatic heterocycles. The number of amides is 1. The van der Waals surface area contributed by atoms with Gasteiger partial charge in [0, 0.05) is 10.0 Å². The summed E-state index contributed by atoms with van der Waals surface area (Å²) in [7, 11) is 0. The van der Waals surface area contributed by atoms with E-state index in [1.165, 1.54) is 22.9 Å². The number of rotatable bonds is 5. The van der Waals surface area contributed by atoms with Gasteiger partial charge in [0.2, 0.25) is 0 Å². The fourth-order valence-electron chi connectivity index (χ4n) is 2.91. The maximum Gasteiger partial charge on any atom is 0.263 e. The van der Waals surface area contributed by atoms with Crippen LogP contribution in [0.5, 0.6) is 5.75 Å². The van der Waals surface area contributed by atoms with Crippen LogP contribution in [-0.4, -0.2) is 10.2 Å². The number of benzene rings is 3. The van der Waals surface area contributed by atoms with E-state index in [0.29, 0.717) is 21.6 Å². The quantitative estimate of drug-likeness (QED) is 0.348. The average Bonchev–Trinajstić information content (AvgIpc) is 3.05. The van der Waals surface area contributed by atoms with Crippen molar-refractivity contribution in [3.63, 3.8) is 0 Å². The van der Waals surface area contributed by atoms with E-state index < -0.39 is 0 Å². The summed E-state index contributed by atoms with van der Waals surface area (Å²) in [6.07, 6.45) is 1.80. The Balaban J connectivity index is 1.51. The van der Waals surface area contributed by atoms with Gasteiger partial charge in [0.25, 0.3) is 5.91 Å². The lowest BCUT2D eigenvalue weighted by Gasteiger charge is -2.11. The van der Waals surface area contributed by atoms with Crippen LogP contribution in [0, 0.1) is 0 Å². The summed E-state index contributed by atoms with van der Waals surface area (Å²) >= 11 is 9.80. The SMILES string of the molecule is O=C1NC(=S)S/C1=C\c1cc(Br)ccc1OCc1ccc(-c2ccccc2)cc1. The molecule has 1 saturated heterocycles. The Hall–Kier alpha value is -2.41. The van der Waals surface area contributed by atoms with Crippen LogP contribution < -0.4 is 10.1 Å². The minimum atomic E-state index is -0.178. The first-order valence-corrected chi connectivity index (χ1v) is 10.9. The summed E-state index contributed by atoms with van der Waals surface area (Å²) in [4.78, 5) is 12.5. The van der Waals surface area contributed by atoms with E-state index in [0.717, 1.165) is 15.6 Å².